The Morgan fingerprint density at radius 1 is 0.846 bits per heavy atom. The molecule has 52 heavy (non-hydrogen) atoms. The van der Waals surface area contributed by atoms with E-state index in [2.05, 4.69) is 0 Å². The van der Waals surface area contributed by atoms with E-state index < -0.39 is 35.2 Å². The van der Waals surface area contributed by atoms with Crippen molar-refractivity contribution in [3.63, 3.8) is 0 Å². The zero-order valence-corrected chi connectivity index (χ0v) is 31.3. The number of rotatable bonds is 19. The largest absolute Gasteiger partial charge is 0.497 e. The second-order valence-corrected chi connectivity index (χ2v) is 13.2. The molecule has 1 aliphatic rings. The number of carbonyl (C=O) groups is 2. The number of hydrogen-bond donors (Lipinski definition) is 0. The van der Waals surface area contributed by atoms with Crippen molar-refractivity contribution in [2.45, 2.75) is 77.5 Å². The molecule has 0 spiro atoms. The number of ketones is 1. The Morgan fingerprint density at radius 2 is 1.42 bits per heavy atom. The fraction of sp³-hybridized carbons (Fsp3) is 0.429. The Hall–Kier alpha value is -4.32. The van der Waals surface area contributed by atoms with Crippen LogP contribution in [0.3, 0.4) is 0 Å². The maximum atomic E-state index is 14.2. The minimum absolute atomic E-state index is 0.150. The topological polar surface area (TPSA) is 108 Å². The van der Waals surface area contributed by atoms with Gasteiger partial charge in [-0.15, -0.1) is 0 Å². The number of Topliss-reactive ketones (excluding diaryl/α,β-unsaturated/α-hetero) is 1. The second-order valence-electron chi connectivity index (χ2n) is 13.2. The van der Waals surface area contributed by atoms with Gasteiger partial charge in [-0.3, -0.25) is 4.79 Å². The van der Waals surface area contributed by atoms with Crippen molar-refractivity contribution in [3.8, 4) is 11.5 Å². The Bertz CT molecular complexity index is 1610. The molecule has 4 atom stereocenters. The Kier molecular flexibility index (Phi) is 15.2. The molecule has 0 saturated carbocycles. The summed E-state index contributed by atoms with van der Waals surface area (Å²) in [5.74, 6) is -1.33. The molecule has 0 amide bonds. The van der Waals surface area contributed by atoms with E-state index in [1.807, 2.05) is 112 Å². The summed E-state index contributed by atoms with van der Waals surface area (Å²) in [4.78, 5) is 26.7. The highest BCUT2D eigenvalue weighted by atomic mass is 16.7. The van der Waals surface area contributed by atoms with Crippen LogP contribution in [-0.2, 0) is 57.8 Å². The average molecular weight is 717 g/mol. The third-order valence-corrected chi connectivity index (χ3v) is 9.17. The van der Waals surface area contributed by atoms with Gasteiger partial charge in [0.2, 0.25) is 11.6 Å². The predicted molar refractivity (Wildman–Crippen MR) is 197 cm³/mol. The van der Waals surface area contributed by atoms with E-state index in [0.29, 0.717) is 26.2 Å². The van der Waals surface area contributed by atoms with Crippen LogP contribution in [0, 0.1) is 5.41 Å². The van der Waals surface area contributed by atoms with Gasteiger partial charge in [0.15, 0.2) is 0 Å². The molecule has 1 aliphatic heterocycles. The van der Waals surface area contributed by atoms with E-state index in [4.69, 9.17) is 37.9 Å². The van der Waals surface area contributed by atoms with Crippen molar-refractivity contribution in [3.05, 3.63) is 119 Å². The van der Waals surface area contributed by atoms with Gasteiger partial charge in [-0.2, -0.15) is 0 Å². The summed E-state index contributed by atoms with van der Waals surface area (Å²) < 4.78 is 46.9. The first-order valence-corrected chi connectivity index (χ1v) is 17.4. The SMILES string of the molecule is COC(=O)/C=C1\CC(C[C@H](OCc2ccc(OC)cc2)[C@H](C)OCc2ccccc2)O[C@@](OC)(C(C)(C)/C=C/COCc2ccc(OC)cc2)C1=O. The molecule has 0 radical (unpaired) electrons. The first-order chi connectivity index (χ1) is 25.0. The summed E-state index contributed by atoms with van der Waals surface area (Å²) in [5.41, 5.74) is 2.24. The standard InChI is InChI=1S/C42H52O10/c1-30(50-28-31-12-9-8-10-13-31)38(51-29-33-16-20-36(46-5)21-17-33)26-37-24-34(25-39(43)47-6)40(44)42(48-7,52-37)41(2,3)22-11-23-49-27-32-14-18-35(45-4)19-15-32/h8-22,25,30,37-38H,23-24,26-29H2,1-7H3/b22-11+,34-25+/t30-,37?,38-,42+/m0/s1. The highest BCUT2D eigenvalue weighted by Crippen LogP contribution is 2.45. The lowest BCUT2D eigenvalue weighted by Gasteiger charge is -2.48. The lowest BCUT2D eigenvalue weighted by atomic mass is 9.75. The van der Waals surface area contributed by atoms with Crippen LogP contribution in [0.4, 0.5) is 0 Å². The summed E-state index contributed by atoms with van der Waals surface area (Å²) in [6, 6.07) is 25.2. The number of ether oxygens (including phenoxy) is 8. The van der Waals surface area contributed by atoms with E-state index in [-0.39, 0.29) is 24.7 Å². The highest BCUT2D eigenvalue weighted by molar-refractivity contribution is 6.06. The lowest BCUT2D eigenvalue weighted by molar-refractivity contribution is -0.280. The van der Waals surface area contributed by atoms with Gasteiger partial charge in [0.1, 0.15) is 11.5 Å². The first kappa shape index (κ1) is 40.5. The number of benzene rings is 3. The molecule has 0 aliphatic carbocycles. The zero-order valence-electron chi connectivity index (χ0n) is 31.3. The van der Waals surface area contributed by atoms with Crippen molar-refractivity contribution in [1.29, 1.82) is 0 Å². The smallest absolute Gasteiger partial charge is 0.330 e. The molecule has 0 bridgehead atoms. The maximum absolute atomic E-state index is 14.2. The van der Waals surface area contributed by atoms with Gasteiger partial charge in [-0.25, -0.2) is 4.79 Å². The zero-order chi connectivity index (χ0) is 37.6. The Labute approximate surface area is 307 Å². The van der Waals surface area contributed by atoms with Gasteiger partial charge in [0.25, 0.3) is 0 Å². The molecule has 1 saturated heterocycles. The quantitative estimate of drug-likeness (QED) is 0.0548. The van der Waals surface area contributed by atoms with E-state index in [0.717, 1.165) is 28.2 Å². The molecule has 0 aromatic heterocycles. The molecular weight excluding hydrogens is 664 g/mol. The first-order valence-electron chi connectivity index (χ1n) is 17.4. The van der Waals surface area contributed by atoms with Gasteiger partial charge < -0.3 is 37.9 Å². The van der Waals surface area contributed by atoms with Crippen LogP contribution in [0.1, 0.15) is 50.3 Å². The minimum Gasteiger partial charge on any atom is -0.497 e. The Morgan fingerprint density at radius 3 is 2.00 bits per heavy atom. The molecule has 1 unspecified atom stereocenters. The lowest BCUT2D eigenvalue weighted by Crippen LogP contribution is -2.60. The Balaban J connectivity index is 1.56. The second kappa shape index (κ2) is 19.5. The van der Waals surface area contributed by atoms with Gasteiger partial charge in [-0.05, 0) is 47.9 Å². The van der Waals surface area contributed by atoms with Crippen LogP contribution in [0.15, 0.2) is 103 Å². The summed E-state index contributed by atoms with van der Waals surface area (Å²) in [5, 5.41) is 0. The molecule has 3 aromatic rings. The highest BCUT2D eigenvalue weighted by Gasteiger charge is 2.57. The molecule has 10 heteroatoms. The van der Waals surface area contributed by atoms with Crippen molar-refractivity contribution in [2.75, 3.05) is 35.0 Å². The molecule has 1 fully saturated rings. The van der Waals surface area contributed by atoms with Crippen LogP contribution < -0.4 is 9.47 Å². The van der Waals surface area contributed by atoms with E-state index >= 15 is 0 Å². The van der Waals surface area contributed by atoms with Crippen LogP contribution in [0.2, 0.25) is 0 Å². The van der Waals surface area contributed by atoms with E-state index in [1.165, 1.54) is 20.3 Å². The van der Waals surface area contributed by atoms with Gasteiger partial charge in [0, 0.05) is 37.0 Å². The summed E-state index contributed by atoms with van der Waals surface area (Å²) >= 11 is 0. The molecule has 0 N–H and O–H groups in total. The maximum Gasteiger partial charge on any atom is 0.330 e. The van der Waals surface area contributed by atoms with Gasteiger partial charge in [0.05, 0.1) is 66.1 Å². The summed E-state index contributed by atoms with van der Waals surface area (Å²) in [7, 11) is 5.97. The fourth-order valence-corrected chi connectivity index (χ4v) is 6.09. The molecule has 4 rings (SSSR count). The van der Waals surface area contributed by atoms with Crippen LogP contribution in [0.5, 0.6) is 11.5 Å². The van der Waals surface area contributed by atoms with Gasteiger partial charge >= 0.3 is 5.97 Å². The van der Waals surface area contributed by atoms with Crippen LogP contribution in [-0.4, -0.2) is 70.9 Å². The number of esters is 1. The number of hydrogen-bond acceptors (Lipinski definition) is 10. The van der Waals surface area contributed by atoms with Crippen LogP contribution in [0.25, 0.3) is 0 Å². The third-order valence-electron chi connectivity index (χ3n) is 9.17. The molecule has 280 valence electrons. The fourth-order valence-electron chi connectivity index (χ4n) is 6.09. The monoisotopic (exact) mass is 716 g/mol. The third kappa shape index (κ3) is 10.8. The van der Waals surface area contributed by atoms with E-state index in [1.54, 1.807) is 14.2 Å². The number of methoxy groups -OCH3 is 4. The van der Waals surface area contributed by atoms with Crippen molar-refractivity contribution >= 4 is 11.8 Å². The van der Waals surface area contributed by atoms with E-state index in [9.17, 15) is 9.59 Å². The summed E-state index contributed by atoms with van der Waals surface area (Å²) in [6.45, 7) is 7.06. The predicted octanol–water partition coefficient (Wildman–Crippen LogP) is 7.18. The van der Waals surface area contributed by atoms with Crippen molar-refractivity contribution in [1.82, 2.24) is 0 Å². The van der Waals surface area contributed by atoms with Crippen molar-refractivity contribution in [2.24, 2.45) is 5.41 Å². The van der Waals surface area contributed by atoms with Crippen LogP contribution >= 0.6 is 0 Å². The number of carbonyl (C=O) groups excluding carboxylic acids is 2. The molecule has 10 nitrogen and oxygen atoms in total. The van der Waals surface area contributed by atoms with Crippen molar-refractivity contribution < 1.29 is 47.5 Å². The normalized spacial score (nSPS) is 19.8. The minimum atomic E-state index is -1.77. The van der Waals surface area contributed by atoms with Gasteiger partial charge in [-0.1, -0.05) is 80.6 Å². The average Bonchev–Trinajstić information content (AvgIpc) is 3.17. The summed E-state index contributed by atoms with van der Waals surface area (Å²) in [6.07, 6.45) is 4.01. The molecule has 3 aromatic carbocycles. The molecular formula is C42H52O10. The molecule has 1 heterocycles.